The molecule has 0 bridgehead atoms. The fourth-order valence-electron chi connectivity index (χ4n) is 1.27. The van der Waals surface area contributed by atoms with Crippen LogP contribution in [0.15, 0.2) is 17.0 Å². The quantitative estimate of drug-likeness (QED) is 0.605. The Morgan fingerprint density at radius 1 is 1.53 bits per heavy atom. The van der Waals surface area contributed by atoms with Gasteiger partial charge in [-0.3, -0.25) is 0 Å². The maximum absolute atomic E-state index is 11.2. The molecule has 0 aliphatic heterocycles. The third kappa shape index (κ3) is 2.62. The Hall–Kier alpha value is -0.320. The van der Waals surface area contributed by atoms with Crippen molar-refractivity contribution in [3.8, 4) is 6.07 Å². The minimum atomic E-state index is -3.85. The topological polar surface area (TPSA) is 57.9 Å². The number of hydrogen-bond acceptors (Lipinski definition) is 3. The van der Waals surface area contributed by atoms with Crippen molar-refractivity contribution in [1.82, 2.24) is 0 Å². The normalized spacial score (nSPS) is 11.1. The lowest BCUT2D eigenvalue weighted by Crippen LogP contribution is -2.01. The van der Waals surface area contributed by atoms with Crippen molar-refractivity contribution in [3.63, 3.8) is 0 Å². The molecule has 0 radical (unpaired) electrons. The minimum absolute atomic E-state index is 0.107. The van der Waals surface area contributed by atoms with Crippen LogP contribution in [0.25, 0.3) is 0 Å². The molecule has 0 atom stereocenters. The van der Waals surface area contributed by atoms with Crippen LogP contribution < -0.4 is 0 Å². The van der Waals surface area contributed by atoms with E-state index < -0.39 is 9.05 Å². The maximum Gasteiger partial charge on any atom is 0.262 e. The molecule has 0 unspecified atom stereocenters. The van der Waals surface area contributed by atoms with Crippen molar-refractivity contribution in [2.75, 3.05) is 0 Å². The van der Waals surface area contributed by atoms with Gasteiger partial charge in [-0.05, 0) is 46.7 Å². The van der Waals surface area contributed by atoms with E-state index in [4.69, 9.17) is 15.9 Å². The van der Waals surface area contributed by atoms with E-state index in [-0.39, 0.29) is 10.5 Å². The average molecular weight is 356 g/mol. The molecule has 1 aromatic rings. The number of nitrogens with zero attached hydrogens (tertiary/aromatic N) is 1. The van der Waals surface area contributed by atoms with Gasteiger partial charge in [0, 0.05) is 14.3 Å². The van der Waals surface area contributed by atoms with Gasteiger partial charge in [0.25, 0.3) is 9.05 Å². The van der Waals surface area contributed by atoms with Crippen LogP contribution >= 0.6 is 33.3 Å². The lowest BCUT2D eigenvalue weighted by molar-refractivity contribution is 0.609. The summed E-state index contributed by atoms with van der Waals surface area (Å²) in [5.74, 6) is 0. The number of benzene rings is 1. The molecule has 0 spiro atoms. The van der Waals surface area contributed by atoms with Crippen LogP contribution in [0.2, 0.25) is 0 Å². The van der Waals surface area contributed by atoms with Gasteiger partial charge in [0.05, 0.1) is 5.56 Å². The van der Waals surface area contributed by atoms with Crippen LogP contribution in [0.5, 0.6) is 0 Å². The summed E-state index contributed by atoms with van der Waals surface area (Å²) >= 11 is 2.07. The molecule has 1 rings (SSSR count). The highest BCUT2D eigenvalue weighted by Gasteiger charge is 2.19. The molecule has 0 saturated heterocycles. The van der Waals surface area contributed by atoms with Crippen molar-refractivity contribution in [1.29, 1.82) is 5.26 Å². The fraction of sp³-hybridized carbons (Fsp3) is 0.222. The Bertz CT molecular complexity index is 534. The summed E-state index contributed by atoms with van der Waals surface area (Å²) < 4.78 is 23.3. The molecule has 0 aromatic heterocycles. The first-order valence-electron chi connectivity index (χ1n) is 4.08. The summed E-state index contributed by atoms with van der Waals surface area (Å²) in [6.07, 6.45) is 0.599. The van der Waals surface area contributed by atoms with E-state index in [1.165, 1.54) is 6.07 Å². The summed E-state index contributed by atoms with van der Waals surface area (Å²) in [4.78, 5) is -0.107. The zero-order chi connectivity index (χ0) is 11.6. The van der Waals surface area contributed by atoms with E-state index in [2.05, 4.69) is 22.6 Å². The molecule has 1 aromatic carbocycles. The molecular formula is C9H7ClINO2S. The van der Waals surface area contributed by atoms with Crippen molar-refractivity contribution >= 4 is 42.3 Å². The van der Waals surface area contributed by atoms with E-state index in [0.717, 1.165) is 9.13 Å². The first-order valence-corrected chi connectivity index (χ1v) is 7.46. The highest BCUT2D eigenvalue weighted by atomic mass is 127. The molecule has 80 valence electrons. The molecule has 0 aliphatic rings. The maximum atomic E-state index is 11.2. The molecule has 0 amide bonds. The predicted molar refractivity (Wildman–Crippen MR) is 66.3 cm³/mol. The number of halogens is 2. The van der Waals surface area contributed by atoms with E-state index in [9.17, 15) is 8.42 Å². The molecule has 6 heteroatoms. The van der Waals surface area contributed by atoms with Gasteiger partial charge in [0.15, 0.2) is 0 Å². The standard InChI is InChI=1S/C9H7ClINO2S/c1-2-6-7(5-12)9(15(10,13)14)4-3-8(6)11/h3-4H,2H2,1H3. The summed E-state index contributed by atoms with van der Waals surface area (Å²) in [5.41, 5.74) is 0.874. The van der Waals surface area contributed by atoms with Gasteiger partial charge in [-0.25, -0.2) is 8.42 Å². The SMILES string of the molecule is CCc1c(I)ccc(S(=O)(=O)Cl)c1C#N. The third-order valence-corrected chi connectivity index (χ3v) is 4.32. The van der Waals surface area contributed by atoms with Gasteiger partial charge >= 0.3 is 0 Å². The van der Waals surface area contributed by atoms with Gasteiger partial charge in [0.2, 0.25) is 0 Å². The number of rotatable bonds is 2. The van der Waals surface area contributed by atoms with Crippen LogP contribution in [0.1, 0.15) is 18.1 Å². The second-order valence-corrected chi connectivity index (χ2v) is 6.50. The van der Waals surface area contributed by atoms with Crippen molar-refractivity contribution in [2.24, 2.45) is 0 Å². The average Bonchev–Trinajstić information content (AvgIpc) is 2.15. The predicted octanol–water partition coefficient (Wildman–Crippen LogP) is 2.65. The van der Waals surface area contributed by atoms with E-state index in [0.29, 0.717) is 6.42 Å². The zero-order valence-electron chi connectivity index (χ0n) is 7.79. The minimum Gasteiger partial charge on any atom is -0.207 e. The fourth-order valence-corrected chi connectivity index (χ4v) is 3.13. The molecule has 15 heavy (non-hydrogen) atoms. The van der Waals surface area contributed by atoms with Gasteiger partial charge in [-0.1, -0.05) is 6.92 Å². The Labute approximate surface area is 107 Å². The van der Waals surface area contributed by atoms with Gasteiger partial charge in [0.1, 0.15) is 11.0 Å². The lowest BCUT2D eigenvalue weighted by atomic mass is 10.1. The Morgan fingerprint density at radius 2 is 2.13 bits per heavy atom. The third-order valence-electron chi connectivity index (χ3n) is 1.95. The van der Waals surface area contributed by atoms with Crippen LogP contribution in [-0.4, -0.2) is 8.42 Å². The van der Waals surface area contributed by atoms with Crippen molar-refractivity contribution < 1.29 is 8.42 Å². The highest BCUT2D eigenvalue weighted by Crippen LogP contribution is 2.26. The molecule has 0 saturated carbocycles. The lowest BCUT2D eigenvalue weighted by Gasteiger charge is -2.07. The van der Waals surface area contributed by atoms with E-state index >= 15 is 0 Å². The largest absolute Gasteiger partial charge is 0.262 e. The molecule has 0 aliphatic carbocycles. The van der Waals surface area contributed by atoms with E-state index in [1.54, 1.807) is 6.07 Å². The monoisotopic (exact) mass is 355 g/mol. The highest BCUT2D eigenvalue weighted by molar-refractivity contribution is 14.1. The molecule has 3 nitrogen and oxygen atoms in total. The molecule has 0 fully saturated rings. The molecular weight excluding hydrogens is 349 g/mol. The molecule has 0 N–H and O–H groups in total. The zero-order valence-corrected chi connectivity index (χ0v) is 11.5. The summed E-state index contributed by atoms with van der Waals surface area (Å²) in [7, 11) is 1.39. The van der Waals surface area contributed by atoms with Crippen LogP contribution in [0.4, 0.5) is 0 Å². The van der Waals surface area contributed by atoms with Crippen LogP contribution in [-0.2, 0) is 15.5 Å². The summed E-state index contributed by atoms with van der Waals surface area (Å²) in [5, 5.41) is 8.94. The number of hydrogen-bond donors (Lipinski definition) is 0. The van der Waals surface area contributed by atoms with Gasteiger partial charge in [-0.2, -0.15) is 5.26 Å². The Balaban J connectivity index is 3.66. The molecule has 0 heterocycles. The van der Waals surface area contributed by atoms with Crippen molar-refractivity contribution in [2.45, 2.75) is 18.2 Å². The first-order chi connectivity index (χ1) is 6.91. The second-order valence-electron chi connectivity index (χ2n) is 2.80. The summed E-state index contributed by atoms with van der Waals surface area (Å²) in [6, 6.07) is 4.91. The van der Waals surface area contributed by atoms with E-state index in [1.807, 2.05) is 13.0 Å². The van der Waals surface area contributed by atoms with Crippen LogP contribution in [0.3, 0.4) is 0 Å². The van der Waals surface area contributed by atoms with Gasteiger partial charge < -0.3 is 0 Å². The first kappa shape index (κ1) is 12.7. The second kappa shape index (κ2) is 4.68. The Kier molecular flexibility index (Phi) is 3.98. The smallest absolute Gasteiger partial charge is 0.207 e. The van der Waals surface area contributed by atoms with Crippen LogP contribution in [0, 0.1) is 14.9 Å². The van der Waals surface area contributed by atoms with Gasteiger partial charge in [-0.15, -0.1) is 0 Å². The van der Waals surface area contributed by atoms with Crippen molar-refractivity contribution in [3.05, 3.63) is 26.8 Å². The Morgan fingerprint density at radius 3 is 2.53 bits per heavy atom. The summed E-state index contributed by atoms with van der Waals surface area (Å²) in [6.45, 7) is 1.86. The number of nitriles is 1.